The summed E-state index contributed by atoms with van der Waals surface area (Å²) in [5.74, 6) is 0.921. The van der Waals surface area contributed by atoms with Crippen molar-refractivity contribution in [2.75, 3.05) is 0 Å². The first-order chi connectivity index (χ1) is 24.5. The van der Waals surface area contributed by atoms with Gasteiger partial charge in [-0.2, -0.15) is 0 Å². The van der Waals surface area contributed by atoms with Crippen molar-refractivity contribution >= 4 is 69.5 Å². The molecule has 285 valence electrons. The summed E-state index contributed by atoms with van der Waals surface area (Å²) in [4.78, 5) is 18.6. The second-order valence-electron chi connectivity index (χ2n) is 16.5. The van der Waals surface area contributed by atoms with Gasteiger partial charge in [0.25, 0.3) is 0 Å². The minimum atomic E-state index is -0.337. The number of aryl methyl sites for hydroxylation is 1. The first-order valence-electron chi connectivity index (χ1n) is 19.1. The SMILES string of the molecule is CCC(C)(CC)C(=O)/C=C(\O)C(C)(CC)CC.Cc1sc2ccc3c4ccnc(-c5[c-]c6ccccc6c(C(C)(C)C)c5)c4sc3c2c1CC(C)C.[Ir]. The van der Waals surface area contributed by atoms with Gasteiger partial charge in [0.15, 0.2) is 5.78 Å². The standard InChI is InChI=1S/C32H30NS2.C15H28O2.Ir/c1-18(2)15-25-19(3)34-27-12-11-23-24-13-14-33-29(31(24)35-30(23)28(25)27)21-16-20-9-7-8-10-22(20)26(17-21)32(4,5)6;1-7-14(5,8-2)12(16)11-13(17)15(6,9-3)10-4;/h7-14,17-18H,15H2,1-6H3;11,16H,7-10H2,1-6H3;/q-1;;/b;12-11-;. The molecule has 6 rings (SSSR count). The molecule has 0 bridgehead atoms. The molecule has 6 aromatic rings. The molecule has 53 heavy (non-hydrogen) atoms. The normalized spacial score (nSPS) is 12.8. The second kappa shape index (κ2) is 16.9. The van der Waals surface area contributed by atoms with Gasteiger partial charge in [0.2, 0.25) is 0 Å². The van der Waals surface area contributed by atoms with Crippen LogP contribution in [0.5, 0.6) is 0 Å². The molecule has 0 fully saturated rings. The number of hydrogen-bond acceptors (Lipinski definition) is 5. The number of fused-ring (bicyclic) bond motifs is 6. The summed E-state index contributed by atoms with van der Waals surface area (Å²) in [6.45, 7) is 25.9. The maximum atomic E-state index is 12.2. The molecule has 3 aromatic heterocycles. The van der Waals surface area contributed by atoms with Crippen LogP contribution in [0.4, 0.5) is 0 Å². The number of carbonyl (C=O) groups excluding carboxylic acids is 1. The first kappa shape index (κ1) is 42.8. The predicted molar refractivity (Wildman–Crippen MR) is 229 cm³/mol. The second-order valence-corrected chi connectivity index (χ2v) is 18.8. The number of aromatic nitrogens is 1. The fourth-order valence-electron chi connectivity index (χ4n) is 7.03. The number of benzene rings is 3. The van der Waals surface area contributed by atoms with Crippen molar-refractivity contribution in [1.29, 1.82) is 0 Å². The Morgan fingerprint density at radius 2 is 1.47 bits per heavy atom. The number of nitrogens with zero attached hydrogens (tertiary/aromatic N) is 1. The topological polar surface area (TPSA) is 50.2 Å². The number of ketones is 1. The van der Waals surface area contributed by atoms with Gasteiger partial charge in [0.1, 0.15) is 5.76 Å². The van der Waals surface area contributed by atoms with Gasteiger partial charge >= 0.3 is 0 Å². The molecule has 0 aliphatic carbocycles. The average molecular weight is 925 g/mol. The van der Waals surface area contributed by atoms with Crippen molar-refractivity contribution in [3.05, 3.63) is 88.6 Å². The summed E-state index contributed by atoms with van der Waals surface area (Å²) in [6, 6.07) is 21.5. The van der Waals surface area contributed by atoms with E-state index in [1.54, 1.807) is 0 Å². The minimum absolute atomic E-state index is 0. The third-order valence-electron chi connectivity index (χ3n) is 11.6. The molecule has 0 amide bonds. The number of pyridine rings is 1. The summed E-state index contributed by atoms with van der Waals surface area (Å²) in [7, 11) is 0. The molecule has 0 saturated carbocycles. The fraction of sp³-hybridized carbons (Fsp3) is 0.447. The van der Waals surface area contributed by atoms with E-state index in [9.17, 15) is 9.90 Å². The zero-order valence-corrected chi connectivity index (χ0v) is 37.9. The summed E-state index contributed by atoms with van der Waals surface area (Å²) >= 11 is 3.85. The maximum absolute atomic E-state index is 12.2. The molecule has 6 heteroatoms. The van der Waals surface area contributed by atoms with E-state index in [0.717, 1.165) is 48.7 Å². The smallest absolute Gasteiger partial charge is 0.164 e. The maximum Gasteiger partial charge on any atom is 0.164 e. The van der Waals surface area contributed by atoms with Crippen LogP contribution in [0.3, 0.4) is 0 Å². The molecule has 0 unspecified atom stereocenters. The molecule has 0 aliphatic heterocycles. The van der Waals surface area contributed by atoms with Crippen molar-refractivity contribution in [3.63, 3.8) is 0 Å². The van der Waals surface area contributed by atoms with Gasteiger partial charge in [-0.15, -0.1) is 51.8 Å². The van der Waals surface area contributed by atoms with E-state index in [1.165, 1.54) is 57.7 Å². The van der Waals surface area contributed by atoms with Gasteiger partial charge < -0.3 is 5.11 Å². The average Bonchev–Trinajstić information content (AvgIpc) is 3.66. The molecular formula is C47H58IrNO2S2-. The molecule has 1 radical (unpaired) electrons. The Bertz CT molecular complexity index is 2260. The zero-order chi connectivity index (χ0) is 38.2. The van der Waals surface area contributed by atoms with E-state index in [2.05, 4.69) is 96.1 Å². The van der Waals surface area contributed by atoms with Crippen LogP contribution in [0, 0.1) is 29.7 Å². The Morgan fingerprint density at radius 3 is 2.08 bits per heavy atom. The number of hydrogen-bond donors (Lipinski definition) is 1. The molecule has 0 atom stereocenters. The van der Waals surface area contributed by atoms with Gasteiger partial charge in [0, 0.05) is 78.7 Å². The molecule has 3 nitrogen and oxygen atoms in total. The monoisotopic (exact) mass is 925 g/mol. The van der Waals surface area contributed by atoms with Crippen molar-refractivity contribution in [3.8, 4) is 11.3 Å². The molecular weight excluding hydrogens is 867 g/mol. The van der Waals surface area contributed by atoms with Gasteiger partial charge in [-0.1, -0.05) is 111 Å². The van der Waals surface area contributed by atoms with Crippen LogP contribution in [0.2, 0.25) is 0 Å². The van der Waals surface area contributed by atoms with E-state index < -0.39 is 0 Å². The largest absolute Gasteiger partial charge is 0.512 e. The van der Waals surface area contributed by atoms with Gasteiger partial charge in [0.05, 0.1) is 0 Å². The van der Waals surface area contributed by atoms with Gasteiger partial charge in [-0.25, -0.2) is 0 Å². The van der Waals surface area contributed by atoms with E-state index >= 15 is 0 Å². The van der Waals surface area contributed by atoms with E-state index in [4.69, 9.17) is 4.98 Å². The molecule has 3 aromatic carbocycles. The molecule has 3 heterocycles. The van der Waals surface area contributed by atoms with Crippen molar-refractivity contribution in [1.82, 2.24) is 4.98 Å². The minimum Gasteiger partial charge on any atom is -0.512 e. The van der Waals surface area contributed by atoms with E-state index in [-0.39, 0.29) is 47.9 Å². The van der Waals surface area contributed by atoms with E-state index in [0.29, 0.717) is 5.92 Å². The van der Waals surface area contributed by atoms with Crippen molar-refractivity contribution in [2.24, 2.45) is 16.7 Å². The van der Waals surface area contributed by atoms with Crippen LogP contribution in [0.25, 0.3) is 52.3 Å². The van der Waals surface area contributed by atoms with E-state index in [1.807, 2.05) is 70.4 Å². The Morgan fingerprint density at radius 1 is 0.849 bits per heavy atom. The van der Waals surface area contributed by atoms with Crippen molar-refractivity contribution in [2.45, 2.75) is 121 Å². The quantitative estimate of drug-likeness (QED) is 0.0846. The first-order valence-corrected chi connectivity index (χ1v) is 20.8. The molecule has 0 saturated heterocycles. The van der Waals surface area contributed by atoms with Crippen LogP contribution < -0.4 is 0 Å². The molecule has 1 N–H and O–H groups in total. The van der Waals surface area contributed by atoms with Gasteiger partial charge in [-0.3, -0.25) is 9.78 Å². The van der Waals surface area contributed by atoms with Crippen molar-refractivity contribution < 1.29 is 30.0 Å². The van der Waals surface area contributed by atoms with Gasteiger partial charge in [-0.05, 0) is 73.4 Å². The molecule has 0 spiro atoms. The molecule has 0 aliphatic rings. The van der Waals surface area contributed by atoms with Crippen LogP contribution in [0.15, 0.2) is 66.6 Å². The Hall–Kier alpha value is -2.89. The van der Waals surface area contributed by atoms with Crippen LogP contribution >= 0.6 is 22.7 Å². The zero-order valence-electron chi connectivity index (χ0n) is 33.8. The number of carbonyl (C=O) groups is 1. The number of aliphatic hydroxyl groups is 1. The predicted octanol–water partition coefficient (Wildman–Crippen LogP) is 14.7. The number of aliphatic hydroxyl groups excluding tert-OH is 1. The number of thiophene rings is 2. The Balaban J connectivity index is 0.000000299. The Kier molecular flexibility index (Phi) is 13.6. The summed E-state index contributed by atoms with van der Waals surface area (Å²) in [5, 5.41) is 16.7. The third kappa shape index (κ3) is 8.52. The number of rotatable bonds is 10. The summed E-state index contributed by atoms with van der Waals surface area (Å²) < 4.78 is 4.07. The fourth-order valence-corrected chi connectivity index (χ4v) is 9.57. The third-order valence-corrected chi connectivity index (χ3v) is 13.9. The Labute approximate surface area is 339 Å². The number of allylic oxidation sites excluding steroid dienone is 2. The summed E-state index contributed by atoms with van der Waals surface area (Å²) in [5.41, 5.74) is 4.44. The van der Waals surface area contributed by atoms with Crippen LogP contribution in [-0.4, -0.2) is 15.9 Å². The summed E-state index contributed by atoms with van der Waals surface area (Å²) in [6.07, 6.45) is 7.85. The van der Waals surface area contributed by atoms with Crippen LogP contribution in [0.1, 0.15) is 118 Å². The van der Waals surface area contributed by atoms with Crippen LogP contribution in [-0.2, 0) is 36.7 Å².